The van der Waals surface area contributed by atoms with Crippen LogP contribution in [-0.4, -0.2) is 15.3 Å². The standard InChI is InChI=1S/C18H12ClFN4OS/c1-10-17(18(25)23-13-4-5-14(19)15(20)6-13)16(26-24-10)7-12-3-2-11(8-21)9-22-12/h2-6,9H,7H2,1H3,(H,23,25). The fourth-order valence-electron chi connectivity index (χ4n) is 2.36. The van der Waals surface area contributed by atoms with Gasteiger partial charge < -0.3 is 5.32 Å². The Kier molecular flexibility index (Phi) is 5.26. The topological polar surface area (TPSA) is 78.7 Å². The Morgan fingerprint density at radius 3 is 2.85 bits per heavy atom. The predicted molar refractivity (Wildman–Crippen MR) is 98.0 cm³/mol. The molecule has 8 heteroatoms. The second kappa shape index (κ2) is 7.60. The summed E-state index contributed by atoms with van der Waals surface area (Å²) in [7, 11) is 0. The molecule has 2 heterocycles. The summed E-state index contributed by atoms with van der Waals surface area (Å²) in [5.74, 6) is -0.978. The van der Waals surface area contributed by atoms with Gasteiger partial charge in [-0.3, -0.25) is 9.78 Å². The van der Waals surface area contributed by atoms with Crippen molar-refractivity contribution in [1.82, 2.24) is 9.36 Å². The lowest BCUT2D eigenvalue weighted by molar-refractivity contribution is 0.102. The number of benzene rings is 1. The third kappa shape index (κ3) is 3.87. The molecule has 3 rings (SSSR count). The number of aryl methyl sites for hydroxylation is 1. The lowest BCUT2D eigenvalue weighted by Crippen LogP contribution is -2.14. The van der Waals surface area contributed by atoms with Gasteiger partial charge in [-0.15, -0.1) is 0 Å². The van der Waals surface area contributed by atoms with Gasteiger partial charge >= 0.3 is 0 Å². The highest BCUT2D eigenvalue weighted by Gasteiger charge is 2.19. The Balaban J connectivity index is 1.83. The van der Waals surface area contributed by atoms with Crippen LogP contribution in [0.1, 0.15) is 32.2 Å². The lowest BCUT2D eigenvalue weighted by atomic mass is 10.1. The number of hydrogen-bond acceptors (Lipinski definition) is 5. The van der Waals surface area contributed by atoms with Crippen LogP contribution in [0.15, 0.2) is 36.5 Å². The molecule has 3 aromatic rings. The smallest absolute Gasteiger partial charge is 0.258 e. The summed E-state index contributed by atoms with van der Waals surface area (Å²) in [5, 5.41) is 11.5. The average molecular weight is 387 g/mol. The summed E-state index contributed by atoms with van der Waals surface area (Å²) >= 11 is 6.87. The molecule has 26 heavy (non-hydrogen) atoms. The fourth-order valence-corrected chi connectivity index (χ4v) is 3.36. The first kappa shape index (κ1) is 18.0. The van der Waals surface area contributed by atoms with Crippen molar-refractivity contribution < 1.29 is 9.18 Å². The molecule has 0 fully saturated rings. The number of rotatable bonds is 4. The molecule has 1 amide bonds. The van der Waals surface area contributed by atoms with Gasteiger partial charge in [0.1, 0.15) is 11.9 Å². The predicted octanol–water partition coefficient (Wildman–Crippen LogP) is 4.35. The molecule has 0 atom stereocenters. The maximum atomic E-state index is 13.6. The molecule has 5 nitrogen and oxygen atoms in total. The van der Waals surface area contributed by atoms with Crippen LogP contribution in [0.25, 0.3) is 0 Å². The van der Waals surface area contributed by atoms with Gasteiger partial charge in [0.15, 0.2) is 0 Å². The van der Waals surface area contributed by atoms with Crippen LogP contribution in [0.3, 0.4) is 0 Å². The van der Waals surface area contributed by atoms with E-state index in [1.807, 2.05) is 6.07 Å². The van der Waals surface area contributed by atoms with Crippen LogP contribution in [0.5, 0.6) is 0 Å². The Hall–Kier alpha value is -2.82. The highest BCUT2D eigenvalue weighted by Crippen LogP contribution is 2.24. The Labute approximate surface area is 158 Å². The summed E-state index contributed by atoms with van der Waals surface area (Å²) in [6.45, 7) is 1.74. The molecule has 0 radical (unpaired) electrons. The van der Waals surface area contributed by atoms with E-state index >= 15 is 0 Å². The Morgan fingerprint density at radius 1 is 1.38 bits per heavy atom. The molecule has 0 bridgehead atoms. The molecule has 0 saturated carbocycles. The molecular formula is C18H12ClFN4OS. The van der Waals surface area contributed by atoms with E-state index in [-0.39, 0.29) is 10.9 Å². The number of pyridine rings is 1. The van der Waals surface area contributed by atoms with E-state index in [9.17, 15) is 9.18 Å². The monoisotopic (exact) mass is 386 g/mol. The number of nitrogens with zero attached hydrogens (tertiary/aromatic N) is 3. The van der Waals surface area contributed by atoms with Gasteiger partial charge in [-0.1, -0.05) is 11.6 Å². The zero-order valence-electron chi connectivity index (χ0n) is 13.6. The van der Waals surface area contributed by atoms with Crippen LogP contribution >= 0.6 is 23.1 Å². The maximum absolute atomic E-state index is 13.6. The van der Waals surface area contributed by atoms with Gasteiger partial charge in [0, 0.05) is 28.9 Å². The molecule has 0 saturated heterocycles. The second-order valence-corrected chi connectivity index (χ2v) is 6.74. The van der Waals surface area contributed by atoms with Crippen LogP contribution in [-0.2, 0) is 6.42 Å². The summed E-state index contributed by atoms with van der Waals surface area (Å²) in [6.07, 6.45) is 1.90. The lowest BCUT2D eigenvalue weighted by Gasteiger charge is -2.07. The first-order chi connectivity index (χ1) is 12.5. The fraction of sp³-hybridized carbons (Fsp3) is 0.111. The molecule has 130 valence electrons. The van der Waals surface area contributed by atoms with Crippen molar-refractivity contribution in [3.05, 3.63) is 74.8 Å². The molecule has 1 N–H and O–H groups in total. The maximum Gasteiger partial charge on any atom is 0.258 e. The second-order valence-electron chi connectivity index (χ2n) is 5.48. The van der Waals surface area contributed by atoms with Crippen LogP contribution < -0.4 is 5.32 Å². The van der Waals surface area contributed by atoms with Crippen molar-refractivity contribution in [1.29, 1.82) is 5.26 Å². The van der Waals surface area contributed by atoms with Gasteiger partial charge in [0.25, 0.3) is 5.91 Å². The van der Waals surface area contributed by atoms with Crippen LogP contribution in [0.2, 0.25) is 5.02 Å². The Bertz CT molecular complexity index is 1010. The normalized spacial score (nSPS) is 10.4. The van der Waals surface area contributed by atoms with Crippen molar-refractivity contribution in [2.45, 2.75) is 13.3 Å². The number of anilines is 1. The summed E-state index contributed by atoms with van der Waals surface area (Å²) in [5.41, 5.74) is 2.53. The van der Waals surface area contributed by atoms with Crippen molar-refractivity contribution in [2.24, 2.45) is 0 Å². The third-order valence-corrected chi connectivity index (χ3v) is 4.87. The number of nitriles is 1. The summed E-state index contributed by atoms with van der Waals surface area (Å²) < 4.78 is 17.8. The van der Waals surface area contributed by atoms with E-state index in [0.29, 0.717) is 28.9 Å². The molecule has 1 aromatic carbocycles. The number of carbonyl (C=O) groups is 1. The number of amides is 1. The van der Waals surface area contributed by atoms with Crippen molar-refractivity contribution in [2.75, 3.05) is 5.32 Å². The van der Waals surface area contributed by atoms with Gasteiger partial charge in [0.2, 0.25) is 0 Å². The SMILES string of the molecule is Cc1nsc(Cc2ccc(C#N)cn2)c1C(=O)Nc1ccc(Cl)c(F)c1. The van der Waals surface area contributed by atoms with E-state index in [1.54, 1.807) is 19.1 Å². The van der Waals surface area contributed by atoms with Crippen molar-refractivity contribution in [3.8, 4) is 6.07 Å². The first-order valence-corrected chi connectivity index (χ1v) is 8.69. The van der Waals surface area contributed by atoms with E-state index in [0.717, 1.165) is 16.6 Å². The largest absolute Gasteiger partial charge is 0.322 e. The van der Waals surface area contributed by atoms with Gasteiger partial charge in [-0.25, -0.2) is 4.39 Å². The van der Waals surface area contributed by atoms with E-state index in [1.165, 1.54) is 29.9 Å². The summed E-state index contributed by atoms with van der Waals surface area (Å²) in [6, 6.07) is 9.50. The van der Waals surface area contributed by atoms with Gasteiger partial charge in [0.05, 0.1) is 21.8 Å². The molecule has 2 aromatic heterocycles. The number of hydrogen-bond donors (Lipinski definition) is 1. The molecular weight excluding hydrogens is 375 g/mol. The zero-order chi connectivity index (χ0) is 18.7. The molecule has 0 spiro atoms. The number of halogens is 2. The highest BCUT2D eigenvalue weighted by atomic mass is 35.5. The summed E-state index contributed by atoms with van der Waals surface area (Å²) in [4.78, 5) is 17.6. The first-order valence-electron chi connectivity index (χ1n) is 7.54. The van der Waals surface area contributed by atoms with Crippen molar-refractivity contribution in [3.63, 3.8) is 0 Å². The Morgan fingerprint density at radius 2 is 2.19 bits per heavy atom. The minimum atomic E-state index is -0.605. The molecule has 0 unspecified atom stereocenters. The van der Waals surface area contributed by atoms with E-state index in [4.69, 9.17) is 16.9 Å². The van der Waals surface area contributed by atoms with Gasteiger partial charge in [-0.05, 0) is 48.8 Å². The molecule has 0 aliphatic heterocycles. The van der Waals surface area contributed by atoms with Crippen molar-refractivity contribution >= 4 is 34.7 Å². The van der Waals surface area contributed by atoms with Crippen LogP contribution in [0.4, 0.5) is 10.1 Å². The number of carbonyl (C=O) groups excluding carboxylic acids is 1. The minimum absolute atomic E-state index is 0.0102. The van der Waals surface area contributed by atoms with E-state index in [2.05, 4.69) is 14.7 Å². The minimum Gasteiger partial charge on any atom is -0.322 e. The zero-order valence-corrected chi connectivity index (χ0v) is 15.2. The average Bonchev–Trinajstić information content (AvgIpc) is 2.99. The quantitative estimate of drug-likeness (QED) is 0.722. The highest BCUT2D eigenvalue weighted by molar-refractivity contribution is 7.06. The third-order valence-electron chi connectivity index (χ3n) is 3.63. The van der Waals surface area contributed by atoms with Crippen LogP contribution in [0, 0.1) is 24.1 Å². The number of aromatic nitrogens is 2. The molecule has 0 aliphatic rings. The number of nitrogens with one attached hydrogen (secondary N) is 1. The van der Waals surface area contributed by atoms with E-state index < -0.39 is 5.82 Å². The van der Waals surface area contributed by atoms with Gasteiger partial charge in [-0.2, -0.15) is 9.64 Å². The molecule has 0 aliphatic carbocycles.